The first-order valence-corrected chi connectivity index (χ1v) is 8.40. The molecule has 0 unspecified atom stereocenters. The average molecular weight is 323 g/mol. The van der Waals surface area contributed by atoms with E-state index < -0.39 is 0 Å². The van der Waals surface area contributed by atoms with Gasteiger partial charge in [0.25, 0.3) is 0 Å². The number of hydrogen-bond donors (Lipinski definition) is 1. The van der Waals surface area contributed by atoms with E-state index in [-0.39, 0.29) is 5.60 Å². The number of aromatic amines is 1. The number of fused-ring (bicyclic) bond motifs is 3. The lowest BCUT2D eigenvalue weighted by Crippen LogP contribution is -2.36. The van der Waals surface area contributed by atoms with Crippen molar-refractivity contribution in [3.63, 3.8) is 0 Å². The van der Waals surface area contributed by atoms with Gasteiger partial charge in [-0.05, 0) is 38.7 Å². The summed E-state index contributed by atoms with van der Waals surface area (Å²) in [6.07, 6.45) is 8.03. The third-order valence-electron chi connectivity index (χ3n) is 5.48. The highest BCUT2D eigenvalue weighted by Crippen LogP contribution is 2.41. The topological polar surface area (TPSA) is 79.5 Å². The van der Waals surface area contributed by atoms with E-state index in [0.29, 0.717) is 12.5 Å². The Morgan fingerprint density at radius 1 is 1.46 bits per heavy atom. The monoisotopic (exact) mass is 323 g/mol. The molecule has 0 atom stereocenters. The van der Waals surface area contributed by atoms with Crippen LogP contribution in [0, 0.1) is 18.3 Å². The zero-order valence-corrected chi connectivity index (χ0v) is 14.0. The maximum absolute atomic E-state index is 9.09. The van der Waals surface area contributed by atoms with Crippen LogP contribution < -0.4 is 0 Å². The number of hydrogen-bond acceptors (Lipinski definition) is 4. The zero-order valence-electron chi connectivity index (χ0n) is 14.0. The number of nitrogens with one attached hydrogen (secondary N) is 1. The molecule has 1 N–H and O–H groups in total. The van der Waals surface area contributed by atoms with Gasteiger partial charge in [-0.15, -0.1) is 0 Å². The van der Waals surface area contributed by atoms with E-state index in [0.717, 1.165) is 53.6 Å². The molecule has 3 heterocycles. The number of ether oxygens (including phenoxy) is 1. The Hall–Kier alpha value is -2.39. The Balaban J connectivity index is 1.74. The summed E-state index contributed by atoms with van der Waals surface area (Å²) >= 11 is 0. The van der Waals surface area contributed by atoms with Gasteiger partial charge in [0, 0.05) is 24.7 Å². The van der Waals surface area contributed by atoms with Gasteiger partial charge in [-0.2, -0.15) is 5.26 Å². The van der Waals surface area contributed by atoms with E-state index in [1.54, 1.807) is 7.11 Å². The van der Waals surface area contributed by atoms with Crippen LogP contribution in [0.25, 0.3) is 22.1 Å². The Labute approximate surface area is 140 Å². The molecule has 1 aliphatic rings. The third kappa shape index (κ3) is 2.20. The molecular formula is C18H21N5O. The molecule has 0 spiro atoms. The molecule has 0 amide bonds. The Bertz CT molecular complexity index is 924. The molecule has 3 aromatic heterocycles. The molecule has 1 saturated carbocycles. The second-order valence-electron chi connectivity index (χ2n) is 6.71. The van der Waals surface area contributed by atoms with E-state index in [1.165, 1.54) is 0 Å². The van der Waals surface area contributed by atoms with Crippen molar-refractivity contribution >= 4 is 22.1 Å². The van der Waals surface area contributed by atoms with Crippen LogP contribution in [0.4, 0.5) is 0 Å². The fourth-order valence-corrected chi connectivity index (χ4v) is 4.14. The molecule has 24 heavy (non-hydrogen) atoms. The Morgan fingerprint density at radius 2 is 2.25 bits per heavy atom. The highest BCUT2D eigenvalue weighted by molar-refractivity contribution is 6.01. The summed E-state index contributed by atoms with van der Waals surface area (Å²) in [4.78, 5) is 12.3. The highest BCUT2D eigenvalue weighted by atomic mass is 16.5. The predicted molar refractivity (Wildman–Crippen MR) is 91.6 cm³/mol. The van der Waals surface area contributed by atoms with Crippen LogP contribution in [-0.4, -0.2) is 32.2 Å². The smallest absolute Gasteiger partial charge is 0.139 e. The highest BCUT2D eigenvalue weighted by Gasteiger charge is 2.36. The molecule has 1 aliphatic carbocycles. The van der Waals surface area contributed by atoms with Crippen LogP contribution in [0.15, 0.2) is 18.5 Å². The standard InChI is InChI=1S/C18H21N5O/c1-12-22-15-11-21-17-14(5-10-20-17)16(15)23(12)13-3-6-18(24-2,7-4-13)8-9-19/h5,10-11,13H,3-4,6-8H2,1-2H3,(H,20,21). The van der Waals surface area contributed by atoms with Gasteiger partial charge in [0.05, 0.1) is 29.8 Å². The fraction of sp³-hybridized carbons (Fsp3) is 0.500. The molecule has 0 saturated heterocycles. The number of rotatable bonds is 3. The molecular weight excluding hydrogens is 302 g/mol. The van der Waals surface area contributed by atoms with Gasteiger partial charge in [0.2, 0.25) is 0 Å². The molecule has 1 fully saturated rings. The normalized spacial score (nSPS) is 24.5. The first kappa shape index (κ1) is 15.2. The predicted octanol–water partition coefficient (Wildman–Crippen LogP) is 3.64. The number of aryl methyl sites for hydroxylation is 1. The molecule has 0 bridgehead atoms. The van der Waals surface area contributed by atoms with Crippen molar-refractivity contribution in [2.75, 3.05) is 7.11 Å². The first-order chi connectivity index (χ1) is 11.7. The van der Waals surface area contributed by atoms with Crippen molar-refractivity contribution in [2.24, 2.45) is 0 Å². The molecule has 6 nitrogen and oxygen atoms in total. The van der Waals surface area contributed by atoms with Gasteiger partial charge in [0.15, 0.2) is 0 Å². The number of aromatic nitrogens is 4. The largest absolute Gasteiger partial charge is 0.377 e. The van der Waals surface area contributed by atoms with Crippen molar-refractivity contribution in [3.8, 4) is 6.07 Å². The maximum Gasteiger partial charge on any atom is 0.139 e. The van der Waals surface area contributed by atoms with Crippen molar-refractivity contribution in [2.45, 2.75) is 50.7 Å². The molecule has 3 aromatic rings. The third-order valence-corrected chi connectivity index (χ3v) is 5.48. The van der Waals surface area contributed by atoms with Crippen molar-refractivity contribution in [3.05, 3.63) is 24.3 Å². The lowest BCUT2D eigenvalue weighted by molar-refractivity contribution is -0.0436. The number of pyridine rings is 1. The molecule has 0 aliphatic heterocycles. The van der Waals surface area contributed by atoms with E-state index in [9.17, 15) is 0 Å². The molecule has 124 valence electrons. The number of imidazole rings is 1. The van der Waals surface area contributed by atoms with Gasteiger partial charge < -0.3 is 14.3 Å². The molecule has 4 rings (SSSR count). The minimum atomic E-state index is -0.277. The lowest BCUT2D eigenvalue weighted by atomic mass is 9.80. The summed E-state index contributed by atoms with van der Waals surface area (Å²) in [5.74, 6) is 1.02. The van der Waals surface area contributed by atoms with Crippen molar-refractivity contribution in [1.82, 2.24) is 19.5 Å². The van der Waals surface area contributed by atoms with Gasteiger partial charge in [-0.3, -0.25) is 0 Å². The minimum absolute atomic E-state index is 0.277. The van der Waals surface area contributed by atoms with E-state index in [4.69, 9.17) is 15.0 Å². The lowest BCUT2D eigenvalue weighted by Gasteiger charge is -2.38. The number of H-pyrrole nitrogens is 1. The van der Waals surface area contributed by atoms with Crippen LogP contribution in [0.1, 0.15) is 44.0 Å². The van der Waals surface area contributed by atoms with E-state index >= 15 is 0 Å². The van der Waals surface area contributed by atoms with Crippen LogP contribution in [0.5, 0.6) is 0 Å². The summed E-state index contributed by atoms with van der Waals surface area (Å²) < 4.78 is 8.06. The fourth-order valence-electron chi connectivity index (χ4n) is 4.14. The van der Waals surface area contributed by atoms with Crippen LogP contribution in [-0.2, 0) is 4.74 Å². The van der Waals surface area contributed by atoms with Crippen LogP contribution in [0.3, 0.4) is 0 Å². The average Bonchev–Trinajstić information content (AvgIpc) is 3.19. The second-order valence-corrected chi connectivity index (χ2v) is 6.71. The first-order valence-electron chi connectivity index (χ1n) is 8.40. The van der Waals surface area contributed by atoms with E-state index in [2.05, 4.69) is 33.6 Å². The van der Waals surface area contributed by atoms with Crippen LogP contribution >= 0.6 is 0 Å². The summed E-state index contributed by atoms with van der Waals surface area (Å²) in [6, 6.07) is 4.74. The van der Waals surface area contributed by atoms with Gasteiger partial charge in [-0.1, -0.05) is 0 Å². The minimum Gasteiger partial charge on any atom is -0.377 e. The number of nitrogens with zero attached hydrogens (tertiary/aromatic N) is 4. The Kier molecular flexibility index (Phi) is 3.54. The van der Waals surface area contributed by atoms with E-state index in [1.807, 2.05) is 12.4 Å². The quantitative estimate of drug-likeness (QED) is 0.798. The van der Waals surface area contributed by atoms with Gasteiger partial charge >= 0.3 is 0 Å². The molecule has 0 aromatic carbocycles. The SMILES string of the molecule is COC1(CC#N)CCC(n2c(C)nc3cnc4[nH]ccc4c32)CC1. The summed E-state index contributed by atoms with van der Waals surface area (Å²) in [7, 11) is 1.73. The van der Waals surface area contributed by atoms with Crippen LogP contribution in [0.2, 0.25) is 0 Å². The van der Waals surface area contributed by atoms with Gasteiger partial charge in [-0.25, -0.2) is 9.97 Å². The molecule has 0 radical (unpaired) electrons. The second kappa shape index (κ2) is 5.60. The van der Waals surface area contributed by atoms with Crippen molar-refractivity contribution in [1.29, 1.82) is 5.26 Å². The van der Waals surface area contributed by atoms with Gasteiger partial charge in [0.1, 0.15) is 17.0 Å². The molecule has 6 heteroatoms. The summed E-state index contributed by atoms with van der Waals surface area (Å²) in [5, 5.41) is 10.2. The maximum atomic E-state index is 9.09. The summed E-state index contributed by atoms with van der Waals surface area (Å²) in [5.41, 5.74) is 2.73. The van der Waals surface area contributed by atoms with Crippen molar-refractivity contribution < 1.29 is 4.74 Å². The number of methoxy groups -OCH3 is 1. The Morgan fingerprint density at radius 3 is 2.96 bits per heavy atom. The summed E-state index contributed by atoms with van der Waals surface area (Å²) in [6.45, 7) is 2.06. The zero-order chi connectivity index (χ0) is 16.7. The number of nitriles is 1.